The summed E-state index contributed by atoms with van der Waals surface area (Å²) in [6, 6.07) is 7.55. The first kappa shape index (κ1) is 19.1. The molecule has 1 aliphatic carbocycles. The number of halogens is 1. The molecular weight excluding hydrogens is 406 g/mol. The van der Waals surface area contributed by atoms with E-state index in [0.29, 0.717) is 35.4 Å². The van der Waals surface area contributed by atoms with Gasteiger partial charge >= 0.3 is 5.63 Å². The van der Waals surface area contributed by atoms with Gasteiger partial charge in [0.1, 0.15) is 22.8 Å². The summed E-state index contributed by atoms with van der Waals surface area (Å²) in [5.74, 6) is 1.90. The van der Waals surface area contributed by atoms with Crippen LogP contribution in [0, 0.1) is 0 Å². The molecule has 0 fully saturated rings. The predicted molar refractivity (Wildman–Crippen MR) is 115 cm³/mol. The van der Waals surface area contributed by atoms with Crippen molar-refractivity contribution in [3.8, 4) is 17.2 Å². The zero-order valence-corrected chi connectivity index (χ0v) is 17.7. The first-order chi connectivity index (χ1) is 14.6. The molecule has 0 radical (unpaired) electrons. The van der Waals surface area contributed by atoms with E-state index in [1.54, 1.807) is 26.4 Å². The van der Waals surface area contributed by atoms with Crippen LogP contribution < -0.4 is 24.7 Å². The van der Waals surface area contributed by atoms with Crippen molar-refractivity contribution >= 4 is 28.3 Å². The van der Waals surface area contributed by atoms with E-state index in [1.807, 2.05) is 17.0 Å². The molecule has 6 nitrogen and oxygen atoms in total. The van der Waals surface area contributed by atoms with Crippen LogP contribution in [0.4, 0.5) is 5.69 Å². The highest BCUT2D eigenvalue weighted by molar-refractivity contribution is 6.32. The van der Waals surface area contributed by atoms with E-state index >= 15 is 0 Å². The molecule has 5 rings (SSSR count). The highest BCUT2D eigenvalue weighted by Crippen LogP contribution is 2.42. The monoisotopic (exact) mass is 427 g/mol. The van der Waals surface area contributed by atoms with Gasteiger partial charge in [-0.3, -0.25) is 0 Å². The smallest absolute Gasteiger partial charge is 0.339 e. The molecule has 0 atom stereocenters. The van der Waals surface area contributed by atoms with Gasteiger partial charge in [0.15, 0.2) is 6.73 Å². The molecule has 0 unspecified atom stereocenters. The van der Waals surface area contributed by atoms with E-state index in [9.17, 15) is 4.79 Å². The molecule has 0 spiro atoms. The van der Waals surface area contributed by atoms with Crippen LogP contribution in [0.15, 0.2) is 33.5 Å². The average Bonchev–Trinajstić information content (AvgIpc) is 2.78. The maximum absolute atomic E-state index is 12.7. The molecule has 30 heavy (non-hydrogen) atoms. The van der Waals surface area contributed by atoms with Crippen LogP contribution in [0.2, 0.25) is 5.02 Å². The minimum Gasteiger partial charge on any atom is -0.495 e. The Morgan fingerprint density at radius 1 is 1.00 bits per heavy atom. The van der Waals surface area contributed by atoms with E-state index in [0.717, 1.165) is 59.2 Å². The molecule has 0 N–H and O–H groups in total. The van der Waals surface area contributed by atoms with Gasteiger partial charge in [0.25, 0.3) is 0 Å². The van der Waals surface area contributed by atoms with Crippen LogP contribution in [0.3, 0.4) is 0 Å². The van der Waals surface area contributed by atoms with Gasteiger partial charge in [-0.1, -0.05) is 11.6 Å². The Balaban J connectivity index is 1.62. The molecule has 2 heterocycles. The predicted octanol–water partition coefficient (Wildman–Crippen LogP) is 4.70. The van der Waals surface area contributed by atoms with Crippen molar-refractivity contribution in [1.29, 1.82) is 0 Å². The van der Waals surface area contributed by atoms with Crippen molar-refractivity contribution in [2.75, 3.05) is 25.9 Å². The molecule has 7 heteroatoms. The molecular formula is C23H22ClNO5. The number of hydrogen-bond acceptors (Lipinski definition) is 6. The van der Waals surface area contributed by atoms with E-state index in [2.05, 4.69) is 0 Å². The summed E-state index contributed by atoms with van der Waals surface area (Å²) in [5.41, 5.74) is 3.97. The fraction of sp³-hybridized carbons (Fsp3) is 0.348. The Bertz CT molecular complexity index is 1200. The molecule has 2 aromatic carbocycles. The van der Waals surface area contributed by atoms with Crippen LogP contribution >= 0.6 is 11.6 Å². The molecule has 0 amide bonds. The lowest BCUT2D eigenvalue weighted by atomic mass is 9.90. The minimum atomic E-state index is -0.229. The molecule has 0 saturated heterocycles. The molecule has 3 aromatic rings. The van der Waals surface area contributed by atoms with Gasteiger partial charge in [-0.25, -0.2) is 4.79 Å². The minimum absolute atomic E-state index is 0.229. The van der Waals surface area contributed by atoms with Gasteiger partial charge in [0.05, 0.1) is 37.0 Å². The van der Waals surface area contributed by atoms with E-state index in [4.69, 9.17) is 30.2 Å². The van der Waals surface area contributed by atoms with Crippen LogP contribution in [0.1, 0.15) is 29.5 Å². The summed E-state index contributed by atoms with van der Waals surface area (Å²) in [7, 11) is 3.17. The molecule has 1 aliphatic heterocycles. The van der Waals surface area contributed by atoms with Crippen LogP contribution in [0.5, 0.6) is 17.2 Å². The second kappa shape index (κ2) is 7.43. The van der Waals surface area contributed by atoms with Gasteiger partial charge in [-0.05, 0) is 49.4 Å². The SMILES string of the molecule is COc1cc(OC)c(N2COc3ccc4c5c(c(=O)oc4c3C2)CCCC5)cc1Cl. The molecule has 0 bridgehead atoms. The summed E-state index contributed by atoms with van der Waals surface area (Å²) >= 11 is 6.37. The van der Waals surface area contributed by atoms with Crippen molar-refractivity contribution in [2.24, 2.45) is 0 Å². The van der Waals surface area contributed by atoms with Crippen molar-refractivity contribution in [3.05, 3.63) is 56.4 Å². The zero-order chi connectivity index (χ0) is 20.8. The number of fused-ring (bicyclic) bond motifs is 5. The lowest BCUT2D eigenvalue weighted by Crippen LogP contribution is -2.32. The fourth-order valence-corrected chi connectivity index (χ4v) is 4.70. The third kappa shape index (κ3) is 2.98. The number of benzene rings is 2. The topological polar surface area (TPSA) is 61.1 Å². The maximum atomic E-state index is 12.7. The Morgan fingerprint density at radius 2 is 1.77 bits per heavy atom. The number of aryl methyl sites for hydroxylation is 1. The van der Waals surface area contributed by atoms with E-state index < -0.39 is 0 Å². The first-order valence-electron chi connectivity index (χ1n) is 10.0. The summed E-state index contributed by atoms with van der Waals surface area (Å²) in [6.45, 7) is 0.833. The number of ether oxygens (including phenoxy) is 3. The van der Waals surface area contributed by atoms with Gasteiger partial charge in [-0.15, -0.1) is 0 Å². The fourth-order valence-electron chi connectivity index (χ4n) is 4.46. The lowest BCUT2D eigenvalue weighted by molar-refractivity contribution is 0.286. The van der Waals surface area contributed by atoms with Crippen LogP contribution in [-0.2, 0) is 19.4 Å². The van der Waals surface area contributed by atoms with E-state index in [-0.39, 0.29) is 5.63 Å². The summed E-state index contributed by atoms with van der Waals surface area (Å²) in [5, 5.41) is 1.49. The molecule has 156 valence electrons. The van der Waals surface area contributed by atoms with Crippen molar-refractivity contribution in [3.63, 3.8) is 0 Å². The number of methoxy groups -OCH3 is 2. The Morgan fingerprint density at radius 3 is 2.53 bits per heavy atom. The highest BCUT2D eigenvalue weighted by Gasteiger charge is 2.27. The standard InChI is InChI=1S/C23H22ClNO5/c1-27-20-10-21(28-2)18(9-17(20)24)25-11-16-19(29-12-25)8-7-14-13-5-3-4-6-15(13)23(26)30-22(14)16/h7-10H,3-6,11-12H2,1-2H3. The van der Waals surface area contributed by atoms with Crippen LogP contribution in [-0.4, -0.2) is 21.0 Å². The second-order valence-electron chi connectivity index (χ2n) is 7.60. The molecule has 1 aromatic heterocycles. The molecule has 0 saturated carbocycles. The Hall–Kier alpha value is -2.86. The van der Waals surface area contributed by atoms with Crippen molar-refractivity contribution < 1.29 is 18.6 Å². The second-order valence-corrected chi connectivity index (χ2v) is 8.01. The van der Waals surface area contributed by atoms with Crippen molar-refractivity contribution in [2.45, 2.75) is 32.2 Å². The number of hydrogen-bond donors (Lipinski definition) is 0. The van der Waals surface area contributed by atoms with Gasteiger partial charge in [-0.2, -0.15) is 0 Å². The van der Waals surface area contributed by atoms with Crippen molar-refractivity contribution in [1.82, 2.24) is 0 Å². The highest BCUT2D eigenvalue weighted by atomic mass is 35.5. The summed E-state index contributed by atoms with van der Waals surface area (Å²) < 4.78 is 22.7. The Kier molecular flexibility index (Phi) is 4.74. The Labute approximate surface area is 178 Å². The zero-order valence-electron chi connectivity index (χ0n) is 16.9. The number of nitrogens with zero attached hydrogens (tertiary/aromatic N) is 1. The maximum Gasteiger partial charge on any atom is 0.339 e. The number of anilines is 1. The quantitative estimate of drug-likeness (QED) is 0.565. The molecule has 2 aliphatic rings. The summed E-state index contributed by atoms with van der Waals surface area (Å²) in [6.07, 6.45) is 3.81. The third-order valence-corrected chi connectivity index (χ3v) is 6.27. The lowest BCUT2D eigenvalue weighted by Gasteiger charge is -2.32. The number of rotatable bonds is 3. The van der Waals surface area contributed by atoms with Crippen LogP contribution in [0.25, 0.3) is 11.0 Å². The van der Waals surface area contributed by atoms with Gasteiger partial charge < -0.3 is 23.5 Å². The van der Waals surface area contributed by atoms with Gasteiger partial charge in [0.2, 0.25) is 0 Å². The third-order valence-electron chi connectivity index (χ3n) is 5.97. The summed E-state index contributed by atoms with van der Waals surface area (Å²) in [4.78, 5) is 14.7. The average molecular weight is 428 g/mol. The first-order valence-corrected chi connectivity index (χ1v) is 10.4. The largest absolute Gasteiger partial charge is 0.495 e. The van der Waals surface area contributed by atoms with Gasteiger partial charge in [0, 0.05) is 17.0 Å². The normalized spacial score (nSPS) is 15.4. The van der Waals surface area contributed by atoms with E-state index in [1.165, 1.54) is 0 Å².